The van der Waals surface area contributed by atoms with E-state index in [1.165, 1.54) is 31.3 Å². The van der Waals surface area contributed by atoms with E-state index in [1.54, 1.807) is 0 Å². The standard InChI is InChI=1S/C30H50O4/c1-6-30(33,7-2)17-8-9-18-34-22(4)26-14-15-27-23(11-10-16-29(26,27)5)12-13-24-19-25(31)20-28(32)21(24)3/h12-13,22,25-28,31-33H,3,6-11,14-20H2,1-2,4-5H3/t22-,25-,26-,27+,28+,29-/m1/s1. The number of aliphatic hydroxyl groups excluding tert-OH is 2. The van der Waals surface area contributed by atoms with Gasteiger partial charge in [-0.15, -0.1) is 0 Å². The highest BCUT2D eigenvalue weighted by atomic mass is 16.5. The first-order valence-corrected chi connectivity index (χ1v) is 13.9. The van der Waals surface area contributed by atoms with Crippen LogP contribution < -0.4 is 0 Å². The van der Waals surface area contributed by atoms with Gasteiger partial charge in [0.1, 0.15) is 0 Å². The summed E-state index contributed by atoms with van der Waals surface area (Å²) in [5, 5.41) is 30.7. The Labute approximate surface area is 208 Å². The van der Waals surface area contributed by atoms with Crippen molar-refractivity contribution >= 4 is 0 Å². The Morgan fingerprint density at radius 1 is 1.18 bits per heavy atom. The first-order valence-electron chi connectivity index (χ1n) is 13.9. The van der Waals surface area contributed by atoms with Gasteiger partial charge < -0.3 is 20.1 Å². The highest BCUT2D eigenvalue weighted by molar-refractivity contribution is 5.38. The number of aliphatic hydroxyl groups is 3. The van der Waals surface area contributed by atoms with Crippen LogP contribution in [0.1, 0.15) is 105 Å². The monoisotopic (exact) mass is 474 g/mol. The molecule has 3 saturated carbocycles. The topological polar surface area (TPSA) is 69.9 Å². The molecule has 3 aliphatic rings. The summed E-state index contributed by atoms with van der Waals surface area (Å²) in [6, 6.07) is 0. The van der Waals surface area contributed by atoms with Crippen molar-refractivity contribution in [3.63, 3.8) is 0 Å². The molecule has 0 spiro atoms. The minimum atomic E-state index is -0.628. The molecular formula is C30H50O4. The third kappa shape index (κ3) is 6.24. The summed E-state index contributed by atoms with van der Waals surface area (Å²) in [6.45, 7) is 13.7. The van der Waals surface area contributed by atoms with Crippen molar-refractivity contribution in [2.75, 3.05) is 6.61 Å². The van der Waals surface area contributed by atoms with Gasteiger partial charge in [-0.1, -0.05) is 45.1 Å². The average Bonchev–Trinajstić information content (AvgIpc) is 3.17. The van der Waals surface area contributed by atoms with Crippen molar-refractivity contribution in [3.05, 3.63) is 35.5 Å². The van der Waals surface area contributed by atoms with Crippen LogP contribution in [0.2, 0.25) is 0 Å². The van der Waals surface area contributed by atoms with E-state index in [0.717, 1.165) is 56.3 Å². The van der Waals surface area contributed by atoms with E-state index in [9.17, 15) is 15.3 Å². The summed E-state index contributed by atoms with van der Waals surface area (Å²) in [5.41, 5.74) is 3.06. The molecule has 4 nitrogen and oxygen atoms in total. The SMILES string of the molecule is C=C1C(=CC=C2CCC[C@]3(C)[C@@H]([C@@H](C)OCCCCC(O)(CC)CC)CC[C@@H]23)C[C@@H](O)C[C@@H]1O. The fraction of sp³-hybridized carbons (Fsp3) is 0.800. The molecule has 0 aromatic rings. The maximum Gasteiger partial charge on any atom is 0.0811 e. The van der Waals surface area contributed by atoms with Crippen molar-refractivity contribution < 1.29 is 20.1 Å². The smallest absolute Gasteiger partial charge is 0.0811 e. The minimum absolute atomic E-state index is 0.257. The molecule has 3 aliphatic carbocycles. The third-order valence-corrected chi connectivity index (χ3v) is 9.60. The van der Waals surface area contributed by atoms with Crippen LogP contribution in [0, 0.1) is 17.3 Å². The molecular weight excluding hydrogens is 424 g/mol. The predicted octanol–water partition coefficient (Wildman–Crippen LogP) is 6.25. The average molecular weight is 475 g/mol. The largest absolute Gasteiger partial charge is 0.393 e. The van der Waals surface area contributed by atoms with Gasteiger partial charge in [-0.25, -0.2) is 0 Å². The van der Waals surface area contributed by atoms with Crippen molar-refractivity contribution in [1.82, 2.24) is 0 Å². The minimum Gasteiger partial charge on any atom is -0.393 e. The summed E-state index contributed by atoms with van der Waals surface area (Å²) >= 11 is 0. The van der Waals surface area contributed by atoms with E-state index in [-0.39, 0.29) is 11.5 Å². The normalized spacial score (nSPS) is 35.7. The molecule has 0 radical (unpaired) electrons. The molecule has 0 saturated heterocycles. The summed E-state index contributed by atoms with van der Waals surface area (Å²) in [7, 11) is 0. The second-order valence-electron chi connectivity index (χ2n) is 11.6. The van der Waals surface area contributed by atoms with Gasteiger partial charge in [0.05, 0.1) is 23.9 Å². The van der Waals surface area contributed by atoms with Crippen LogP contribution in [0.3, 0.4) is 0 Å². The maximum absolute atomic E-state index is 10.5. The summed E-state index contributed by atoms with van der Waals surface area (Å²) in [5.74, 6) is 1.16. The zero-order chi connectivity index (χ0) is 24.9. The van der Waals surface area contributed by atoms with Gasteiger partial charge in [-0.05, 0) is 106 Å². The van der Waals surface area contributed by atoms with E-state index in [1.807, 2.05) is 0 Å². The Bertz CT molecular complexity index is 749. The first kappa shape index (κ1) is 27.6. The fourth-order valence-electron chi connectivity index (χ4n) is 7.06. The molecule has 34 heavy (non-hydrogen) atoms. The number of rotatable bonds is 10. The molecule has 3 N–H and O–H groups in total. The predicted molar refractivity (Wildman–Crippen MR) is 140 cm³/mol. The fourth-order valence-corrected chi connectivity index (χ4v) is 7.06. The second-order valence-corrected chi connectivity index (χ2v) is 11.6. The lowest BCUT2D eigenvalue weighted by molar-refractivity contribution is -0.0289. The molecule has 3 fully saturated rings. The van der Waals surface area contributed by atoms with Crippen molar-refractivity contribution in [1.29, 1.82) is 0 Å². The van der Waals surface area contributed by atoms with Crippen LogP contribution >= 0.6 is 0 Å². The highest BCUT2D eigenvalue weighted by Crippen LogP contribution is 2.58. The van der Waals surface area contributed by atoms with Crippen LogP contribution in [0.25, 0.3) is 0 Å². The molecule has 0 heterocycles. The molecule has 0 aliphatic heterocycles. The summed E-state index contributed by atoms with van der Waals surface area (Å²) < 4.78 is 6.37. The quantitative estimate of drug-likeness (QED) is 0.327. The molecule has 0 unspecified atom stereocenters. The lowest BCUT2D eigenvalue weighted by Crippen LogP contribution is -2.38. The highest BCUT2D eigenvalue weighted by Gasteiger charge is 2.51. The van der Waals surface area contributed by atoms with E-state index < -0.39 is 17.8 Å². The molecule has 0 aromatic carbocycles. The van der Waals surface area contributed by atoms with Crippen molar-refractivity contribution in [3.8, 4) is 0 Å². The van der Waals surface area contributed by atoms with Crippen LogP contribution in [0.4, 0.5) is 0 Å². The molecule has 0 amide bonds. The lowest BCUT2D eigenvalue weighted by Gasteiger charge is -2.44. The van der Waals surface area contributed by atoms with Crippen LogP contribution in [-0.4, -0.2) is 45.8 Å². The number of hydrogen-bond donors (Lipinski definition) is 3. The molecule has 3 rings (SSSR count). The zero-order valence-corrected chi connectivity index (χ0v) is 22.2. The summed E-state index contributed by atoms with van der Waals surface area (Å²) in [6.07, 6.45) is 15.1. The lowest BCUT2D eigenvalue weighted by atomic mass is 9.62. The number of allylic oxidation sites excluding steroid dienone is 3. The van der Waals surface area contributed by atoms with Crippen LogP contribution in [0.15, 0.2) is 35.5 Å². The van der Waals surface area contributed by atoms with Gasteiger partial charge in [-0.2, -0.15) is 0 Å². The third-order valence-electron chi connectivity index (χ3n) is 9.60. The maximum atomic E-state index is 10.5. The Morgan fingerprint density at radius 3 is 2.62 bits per heavy atom. The van der Waals surface area contributed by atoms with Gasteiger partial charge in [0.25, 0.3) is 0 Å². The van der Waals surface area contributed by atoms with Gasteiger partial charge in [-0.3, -0.25) is 0 Å². The Balaban J connectivity index is 1.58. The van der Waals surface area contributed by atoms with Gasteiger partial charge in [0.2, 0.25) is 0 Å². The van der Waals surface area contributed by atoms with Crippen molar-refractivity contribution in [2.24, 2.45) is 17.3 Å². The molecule has 6 atom stereocenters. The summed E-state index contributed by atoms with van der Waals surface area (Å²) in [4.78, 5) is 0. The van der Waals surface area contributed by atoms with Gasteiger partial charge >= 0.3 is 0 Å². The van der Waals surface area contributed by atoms with E-state index in [0.29, 0.717) is 24.7 Å². The molecule has 194 valence electrons. The number of ether oxygens (including phenoxy) is 1. The number of unbranched alkanes of at least 4 members (excludes halogenated alkanes) is 1. The van der Waals surface area contributed by atoms with Crippen LogP contribution in [0.5, 0.6) is 0 Å². The Hall–Kier alpha value is -0.940. The van der Waals surface area contributed by atoms with E-state index in [4.69, 9.17) is 4.74 Å². The van der Waals surface area contributed by atoms with Gasteiger partial charge in [0, 0.05) is 13.0 Å². The molecule has 4 heteroatoms. The Morgan fingerprint density at radius 2 is 1.91 bits per heavy atom. The second kappa shape index (κ2) is 11.9. The van der Waals surface area contributed by atoms with E-state index >= 15 is 0 Å². The number of hydrogen-bond acceptors (Lipinski definition) is 4. The van der Waals surface area contributed by atoms with E-state index in [2.05, 4.69) is 46.4 Å². The van der Waals surface area contributed by atoms with Crippen LogP contribution in [-0.2, 0) is 4.74 Å². The zero-order valence-electron chi connectivity index (χ0n) is 22.2. The number of fused-ring (bicyclic) bond motifs is 1. The molecule has 0 bridgehead atoms. The van der Waals surface area contributed by atoms with Crippen molar-refractivity contribution in [2.45, 2.75) is 129 Å². The van der Waals surface area contributed by atoms with Gasteiger partial charge in [0.15, 0.2) is 0 Å². The Kier molecular flexibility index (Phi) is 9.65. The molecule has 0 aromatic heterocycles. The first-order chi connectivity index (χ1) is 16.1.